The molecule has 68 valence electrons. The molecule has 13 heavy (non-hydrogen) atoms. The highest BCUT2D eigenvalue weighted by Gasteiger charge is 1.97. The number of hydrogen-bond donors (Lipinski definition) is 0. The van der Waals surface area contributed by atoms with Crippen LogP contribution in [0, 0.1) is 5.82 Å². The molecule has 0 radical (unpaired) electrons. The third kappa shape index (κ3) is 2.71. The molecule has 0 aliphatic rings. The number of hydrogen-bond acceptors (Lipinski definition) is 2. The Kier molecular flexibility index (Phi) is 3.20. The fraction of sp³-hybridized carbons (Fsp3) is 0.100. The lowest BCUT2D eigenvalue weighted by Gasteiger charge is -2.00. The smallest absolute Gasteiger partial charge is 0.142 e. The zero-order chi connectivity index (χ0) is 9.68. The molecule has 1 aromatic rings. The quantitative estimate of drug-likeness (QED) is 0.525. The Morgan fingerprint density at radius 1 is 1.38 bits per heavy atom. The van der Waals surface area contributed by atoms with E-state index >= 15 is 0 Å². The van der Waals surface area contributed by atoms with Gasteiger partial charge in [0.25, 0.3) is 0 Å². The van der Waals surface area contributed by atoms with Crippen LogP contribution >= 0.6 is 0 Å². The number of ether oxygens (including phenoxy) is 1. The minimum Gasteiger partial charge on any atom is -0.497 e. The molecule has 0 atom stereocenters. The fourth-order valence-electron chi connectivity index (χ4n) is 0.949. The first-order valence-electron chi connectivity index (χ1n) is 3.72. The lowest BCUT2D eigenvalue weighted by molar-refractivity contribution is -0.104. The summed E-state index contributed by atoms with van der Waals surface area (Å²) in [4.78, 5) is 10.0. The molecule has 1 aromatic carbocycles. The second-order valence-corrected chi connectivity index (χ2v) is 2.42. The van der Waals surface area contributed by atoms with Crippen LogP contribution in [0.5, 0.6) is 5.75 Å². The molecule has 0 amide bonds. The van der Waals surface area contributed by atoms with Crippen molar-refractivity contribution < 1.29 is 13.9 Å². The number of aldehydes is 1. The molecule has 0 saturated heterocycles. The van der Waals surface area contributed by atoms with Gasteiger partial charge >= 0.3 is 0 Å². The van der Waals surface area contributed by atoms with Crippen molar-refractivity contribution in [1.29, 1.82) is 0 Å². The molecule has 1 rings (SSSR count). The summed E-state index contributed by atoms with van der Waals surface area (Å²) in [6, 6.07) is 4.24. The molecule has 0 aliphatic carbocycles. The van der Waals surface area contributed by atoms with Crippen LogP contribution in [-0.2, 0) is 4.79 Å². The predicted octanol–water partition coefficient (Wildman–Crippen LogP) is 2.05. The summed E-state index contributed by atoms with van der Waals surface area (Å²) in [5, 5.41) is 0. The van der Waals surface area contributed by atoms with E-state index in [1.54, 1.807) is 6.07 Å². The van der Waals surface area contributed by atoms with Gasteiger partial charge in [0.05, 0.1) is 7.11 Å². The van der Waals surface area contributed by atoms with Gasteiger partial charge < -0.3 is 4.74 Å². The molecule has 0 aromatic heterocycles. The van der Waals surface area contributed by atoms with Gasteiger partial charge in [-0.2, -0.15) is 0 Å². The molecule has 0 spiro atoms. The van der Waals surface area contributed by atoms with Crippen LogP contribution < -0.4 is 4.74 Å². The van der Waals surface area contributed by atoms with Crippen LogP contribution in [0.25, 0.3) is 6.08 Å². The maximum absolute atomic E-state index is 12.8. The first kappa shape index (κ1) is 9.45. The summed E-state index contributed by atoms with van der Waals surface area (Å²) in [5.74, 6) is 0.0513. The van der Waals surface area contributed by atoms with E-state index < -0.39 is 0 Å². The topological polar surface area (TPSA) is 26.3 Å². The van der Waals surface area contributed by atoms with Crippen molar-refractivity contribution in [2.75, 3.05) is 7.11 Å². The molecular formula is C10H9FO2. The Balaban J connectivity index is 3.00. The van der Waals surface area contributed by atoms with E-state index in [2.05, 4.69) is 0 Å². The van der Waals surface area contributed by atoms with Crippen LogP contribution in [0.15, 0.2) is 24.3 Å². The minimum atomic E-state index is -0.384. The zero-order valence-corrected chi connectivity index (χ0v) is 7.16. The van der Waals surface area contributed by atoms with Crippen LogP contribution in [0.2, 0.25) is 0 Å². The largest absolute Gasteiger partial charge is 0.497 e. The summed E-state index contributed by atoms with van der Waals surface area (Å²) in [5.41, 5.74) is 0.601. The van der Waals surface area contributed by atoms with Gasteiger partial charge in [-0.3, -0.25) is 4.79 Å². The highest BCUT2D eigenvalue weighted by Crippen LogP contribution is 2.16. The maximum atomic E-state index is 12.8. The van der Waals surface area contributed by atoms with E-state index in [-0.39, 0.29) is 5.82 Å². The van der Waals surface area contributed by atoms with Crippen molar-refractivity contribution >= 4 is 12.4 Å². The molecule has 0 aliphatic heterocycles. The average molecular weight is 180 g/mol. The van der Waals surface area contributed by atoms with Gasteiger partial charge in [-0.25, -0.2) is 4.39 Å². The van der Waals surface area contributed by atoms with E-state index in [1.807, 2.05) is 0 Å². The van der Waals surface area contributed by atoms with Crippen molar-refractivity contribution in [2.24, 2.45) is 0 Å². The number of rotatable bonds is 3. The van der Waals surface area contributed by atoms with Gasteiger partial charge in [0.1, 0.15) is 17.9 Å². The van der Waals surface area contributed by atoms with E-state index in [0.29, 0.717) is 17.6 Å². The summed E-state index contributed by atoms with van der Waals surface area (Å²) in [6.45, 7) is 0. The molecule has 0 bridgehead atoms. The third-order valence-electron chi connectivity index (χ3n) is 1.50. The van der Waals surface area contributed by atoms with E-state index in [9.17, 15) is 9.18 Å². The van der Waals surface area contributed by atoms with E-state index in [4.69, 9.17) is 4.74 Å². The first-order valence-corrected chi connectivity index (χ1v) is 3.72. The lowest BCUT2D eigenvalue weighted by Crippen LogP contribution is -1.85. The molecule has 2 nitrogen and oxygen atoms in total. The molecule has 0 N–H and O–H groups in total. The molecule has 0 unspecified atom stereocenters. The minimum absolute atomic E-state index is 0.384. The Labute approximate surface area is 75.6 Å². The summed E-state index contributed by atoms with van der Waals surface area (Å²) in [7, 11) is 1.46. The van der Waals surface area contributed by atoms with Crippen molar-refractivity contribution in [1.82, 2.24) is 0 Å². The summed E-state index contributed by atoms with van der Waals surface area (Å²) >= 11 is 0. The number of methoxy groups -OCH3 is 1. The Morgan fingerprint density at radius 3 is 2.77 bits per heavy atom. The zero-order valence-electron chi connectivity index (χ0n) is 7.16. The van der Waals surface area contributed by atoms with Gasteiger partial charge in [0.15, 0.2) is 0 Å². The van der Waals surface area contributed by atoms with Crippen LogP contribution in [0.3, 0.4) is 0 Å². The van der Waals surface area contributed by atoms with Crippen molar-refractivity contribution in [3.05, 3.63) is 35.7 Å². The molecule has 0 saturated carbocycles. The van der Waals surface area contributed by atoms with Crippen molar-refractivity contribution in [3.8, 4) is 5.75 Å². The fourth-order valence-corrected chi connectivity index (χ4v) is 0.949. The second kappa shape index (κ2) is 4.40. The normalized spacial score (nSPS) is 10.3. The van der Waals surface area contributed by atoms with Crippen molar-refractivity contribution in [2.45, 2.75) is 0 Å². The van der Waals surface area contributed by atoms with Gasteiger partial charge in [-0.15, -0.1) is 0 Å². The highest BCUT2D eigenvalue weighted by molar-refractivity contribution is 5.74. The molecule has 0 heterocycles. The number of benzene rings is 1. The lowest BCUT2D eigenvalue weighted by atomic mass is 10.2. The van der Waals surface area contributed by atoms with E-state index in [0.717, 1.165) is 0 Å². The van der Waals surface area contributed by atoms with Crippen LogP contribution in [0.4, 0.5) is 4.39 Å². The number of allylic oxidation sites excluding steroid dienone is 1. The molecular weight excluding hydrogens is 171 g/mol. The van der Waals surface area contributed by atoms with Gasteiger partial charge in [0, 0.05) is 6.07 Å². The molecule has 3 heteroatoms. The van der Waals surface area contributed by atoms with Gasteiger partial charge in [0.2, 0.25) is 0 Å². The SMILES string of the molecule is COc1cc(F)cc(C=CC=O)c1. The Hall–Kier alpha value is -1.64. The maximum Gasteiger partial charge on any atom is 0.142 e. The number of carbonyl (C=O) groups excluding carboxylic acids is 1. The standard InChI is InChI=1S/C10H9FO2/c1-13-10-6-8(3-2-4-12)5-9(11)7-10/h2-7H,1H3. The van der Waals surface area contributed by atoms with Crippen LogP contribution in [-0.4, -0.2) is 13.4 Å². The summed E-state index contributed by atoms with van der Waals surface area (Å²) < 4.78 is 17.7. The Morgan fingerprint density at radius 2 is 2.15 bits per heavy atom. The Bertz CT molecular complexity index is 332. The van der Waals surface area contributed by atoms with Crippen LogP contribution in [0.1, 0.15) is 5.56 Å². The van der Waals surface area contributed by atoms with Crippen molar-refractivity contribution in [3.63, 3.8) is 0 Å². The predicted molar refractivity (Wildman–Crippen MR) is 48.1 cm³/mol. The summed E-state index contributed by atoms with van der Waals surface area (Å²) in [6.07, 6.45) is 3.45. The first-order chi connectivity index (χ1) is 6.26. The average Bonchev–Trinajstić information content (AvgIpc) is 2.14. The molecule has 0 fully saturated rings. The highest BCUT2D eigenvalue weighted by atomic mass is 19.1. The number of carbonyl (C=O) groups is 1. The van der Waals surface area contributed by atoms with Gasteiger partial charge in [-0.05, 0) is 23.8 Å². The van der Waals surface area contributed by atoms with E-state index in [1.165, 1.54) is 31.4 Å². The third-order valence-corrected chi connectivity index (χ3v) is 1.50. The monoisotopic (exact) mass is 180 g/mol. The second-order valence-electron chi connectivity index (χ2n) is 2.42. The number of halogens is 1. The van der Waals surface area contributed by atoms with Gasteiger partial charge in [-0.1, -0.05) is 6.08 Å².